The quantitative estimate of drug-likeness (QED) is 0.802. The minimum absolute atomic E-state index is 0.660. The van der Waals surface area contributed by atoms with E-state index < -0.39 is 0 Å². The summed E-state index contributed by atoms with van der Waals surface area (Å²) in [6.45, 7) is 6.77. The molecule has 0 saturated carbocycles. The van der Waals surface area contributed by atoms with Gasteiger partial charge >= 0.3 is 0 Å². The third-order valence-corrected chi connectivity index (χ3v) is 3.69. The zero-order valence-corrected chi connectivity index (χ0v) is 10.7. The normalized spacial score (nSPS) is 26.2. The number of hydrogen-bond donors (Lipinski definition) is 1. The Bertz CT molecular complexity index is 378. The molecule has 2 atom stereocenters. The van der Waals surface area contributed by atoms with Gasteiger partial charge < -0.3 is 5.73 Å². The number of nitrogen functional groups attached to an aromatic ring is 1. The van der Waals surface area contributed by atoms with Gasteiger partial charge in [-0.1, -0.05) is 24.6 Å². The second kappa shape index (κ2) is 4.64. The molecule has 1 aromatic rings. The average molecular weight is 239 g/mol. The summed E-state index contributed by atoms with van der Waals surface area (Å²) in [6.07, 6.45) is 1.29. The van der Waals surface area contributed by atoms with Crippen LogP contribution in [0.15, 0.2) is 18.2 Å². The van der Waals surface area contributed by atoms with E-state index in [9.17, 15) is 0 Å². The van der Waals surface area contributed by atoms with Gasteiger partial charge in [0.05, 0.1) is 10.7 Å². The number of halogens is 1. The van der Waals surface area contributed by atoms with E-state index in [0.717, 1.165) is 12.5 Å². The highest BCUT2D eigenvalue weighted by molar-refractivity contribution is 6.33. The number of likely N-dealkylation sites (tertiary alicyclic amines) is 1. The summed E-state index contributed by atoms with van der Waals surface area (Å²) >= 11 is 6.02. The van der Waals surface area contributed by atoms with Crippen molar-refractivity contribution in [2.75, 3.05) is 12.3 Å². The summed E-state index contributed by atoms with van der Waals surface area (Å²) in [7, 11) is 0. The first-order chi connectivity index (χ1) is 7.56. The van der Waals surface area contributed by atoms with Crippen molar-refractivity contribution < 1.29 is 0 Å². The Balaban J connectivity index is 2.06. The van der Waals surface area contributed by atoms with Crippen molar-refractivity contribution in [3.05, 3.63) is 28.8 Å². The van der Waals surface area contributed by atoms with E-state index in [1.54, 1.807) is 0 Å². The molecule has 2 N–H and O–H groups in total. The number of rotatable bonds is 2. The molecule has 3 heteroatoms. The van der Waals surface area contributed by atoms with Crippen LogP contribution in [-0.2, 0) is 6.54 Å². The van der Waals surface area contributed by atoms with Crippen molar-refractivity contribution >= 4 is 17.3 Å². The van der Waals surface area contributed by atoms with Gasteiger partial charge in [-0.05, 0) is 37.0 Å². The van der Waals surface area contributed by atoms with Gasteiger partial charge in [0.25, 0.3) is 0 Å². The van der Waals surface area contributed by atoms with Crippen LogP contribution >= 0.6 is 11.6 Å². The van der Waals surface area contributed by atoms with Crippen LogP contribution in [0.1, 0.15) is 25.8 Å². The van der Waals surface area contributed by atoms with Crippen molar-refractivity contribution in [3.8, 4) is 0 Å². The van der Waals surface area contributed by atoms with Gasteiger partial charge in [0.2, 0.25) is 0 Å². The summed E-state index contributed by atoms with van der Waals surface area (Å²) in [4.78, 5) is 2.51. The Hall–Kier alpha value is -0.730. The first-order valence-corrected chi connectivity index (χ1v) is 6.22. The van der Waals surface area contributed by atoms with Gasteiger partial charge in [0, 0.05) is 19.1 Å². The lowest BCUT2D eigenvalue weighted by atomic mass is 10.1. The fourth-order valence-corrected chi connectivity index (χ4v) is 2.71. The Labute approximate surface area is 102 Å². The number of nitrogens with zero attached hydrogens (tertiary/aromatic N) is 1. The van der Waals surface area contributed by atoms with Crippen LogP contribution in [0.25, 0.3) is 0 Å². The highest BCUT2D eigenvalue weighted by atomic mass is 35.5. The lowest BCUT2D eigenvalue weighted by molar-refractivity contribution is 0.256. The smallest absolute Gasteiger partial charge is 0.0638 e. The molecule has 1 aromatic carbocycles. The summed E-state index contributed by atoms with van der Waals surface area (Å²) in [5, 5.41) is 0.664. The summed E-state index contributed by atoms with van der Waals surface area (Å²) in [5.41, 5.74) is 7.61. The average Bonchev–Trinajstić information content (AvgIpc) is 2.51. The summed E-state index contributed by atoms with van der Waals surface area (Å²) in [5.74, 6) is 0.805. The van der Waals surface area contributed by atoms with Crippen molar-refractivity contribution in [2.45, 2.75) is 32.9 Å². The molecule has 0 bridgehead atoms. The molecule has 0 aromatic heterocycles. The first kappa shape index (κ1) is 11.7. The number of nitrogens with two attached hydrogens (primary N) is 1. The Morgan fingerprint density at radius 3 is 2.75 bits per heavy atom. The van der Waals surface area contributed by atoms with E-state index in [2.05, 4.69) is 24.8 Å². The Morgan fingerprint density at radius 1 is 1.44 bits per heavy atom. The Kier molecular flexibility index (Phi) is 3.41. The fraction of sp³-hybridized carbons (Fsp3) is 0.538. The highest BCUT2D eigenvalue weighted by Crippen LogP contribution is 2.26. The highest BCUT2D eigenvalue weighted by Gasteiger charge is 2.25. The molecule has 0 aliphatic carbocycles. The molecule has 1 fully saturated rings. The molecular formula is C13H19ClN2. The third-order valence-electron chi connectivity index (χ3n) is 3.36. The van der Waals surface area contributed by atoms with Gasteiger partial charge in [-0.15, -0.1) is 0 Å². The molecule has 1 aliphatic heterocycles. The zero-order chi connectivity index (χ0) is 11.7. The molecule has 2 nitrogen and oxygen atoms in total. The predicted molar refractivity (Wildman–Crippen MR) is 69.5 cm³/mol. The van der Waals surface area contributed by atoms with E-state index >= 15 is 0 Å². The van der Waals surface area contributed by atoms with Gasteiger partial charge in [-0.3, -0.25) is 4.90 Å². The molecule has 0 spiro atoms. The SMILES string of the molecule is CC1CC(C)N(Cc2ccc(N)c(Cl)c2)C1. The molecule has 2 rings (SSSR count). The topological polar surface area (TPSA) is 29.3 Å². The van der Waals surface area contributed by atoms with Crippen molar-refractivity contribution in [3.63, 3.8) is 0 Å². The monoisotopic (exact) mass is 238 g/mol. The molecular weight excluding hydrogens is 220 g/mol. The van der Waals surface area contributed by atoms with Crippen LogP contribution in [0.5, 0.6) is 0 Å². The molecule has 1 heterocycles. The maximum Gasteiger partial charge on any atom is 0.0638 e. The number of hydrogen-bond acceptors (Lipinski definition) is 2. The van der Waals surface area contributed by atoms with Gasteiger partial charge in [0.15, 0.2) is 0 Å². The second-order valence-corrected chi connectivity index (χ2v) is 5.38. The van der Waals surface area contributed by atoms with Crippen molar-refractivity contribution in [1.29, 1.82) is 0 Å². The predicted octanol–water partition coefficient (Wildman–Crippen LogP) is 3.15. The molecule has 1 saturated heterocycles. The number of benzene rings is 1. The molecule has 1 aliphatic rings. The second-order valence-electron chi connectivity index (χ2n) is 4.98. The minimum atomic E-state index is 0.660. The molecule has 0 amide bonds. The van der Waals surface area contributed by atoms with E-state index in [1.165, 1.54) is 18.5 Å². The van der Waals surface area contributed by atoms with Crippen LogP contribution in [0.3, 0.4) is 0 Å². The molecule has 16 heavy (non-hydrogen) atoms. The maximum absolute atomic E-state index is 6.02. The van der Waals surface area contributed by atoms with Crippen LogP contribution in [0, 0.1) is 5.92 Å². The van der Waals surface area contributed by atoms with Crippen molar-refractivity contribution in [2.24, 2.45) is 5.92 Å². The first-order valence-electron chi connectivity index (χ1n) is 5.84. The van der Waals surface area contributed by atoms with E-state index in [4.69, 9.17) is 17.3 Å². The third kappa shape index (κ3) is 2.50. The minimum Gasteiger partial charge on any atom is -0.398 e. The van der Waals surface area contributed by atoms with Gasteiger partial charge in [0.1, 0.15) is 0 Å². The lowest BCUT2D eigenvalue weighted by Crippen LogP contribution is -2.26. The van der Waals surface area contributed by atoms with Crippen LogP contribution in [0.4, 0.5) is 5.69 Å². The van der Waals surface area contributed by atoms with Crippen LogP contribution in [0.2, 0.25) is 5.02 Å². The van der Waals surface area contributed by atoms with E-state index in [1.807, 2.05) is 12.1 Å². The van der Waals surface area contributed by atoms with Crippen LogP contribution in [-0.4, -0.2) is 17.5 Å². The number of anilines is 1. The maximum atomic E-state index is 6.02. The standard InChI is InChI=1S/C13H19ClN2/c1-9-5-10(2)16(7-9)8-11-3-4-13(15)12(14)6-11/h3-4,6,9-10H,5,7-8,15H2,1-2H3. The Morgan fingerprint density at radius 2 is 2.19 bits per heavy atom. The van der Waals surface area contributed by atoms with Crippen molar-refractivity contribution in [1.82, 2.24) is 4.90 Å². The van der Waals surface area contributed by atoms with Gasteiger partial charge in [-0.2, -0.15) is 0 Å². The van der Waals surface area contributed by atoms with E-state index in [-0.39, 0.29) is 0 Å². The molecule has 0 radical (unpaired) electrons. The fourth-order valence-electron chi connectivity index (χ4n) is 2.51. The summed E-state index contributed by atoms with van der Waals surface area (Å²) in [6, 6.07) is 6.61. The molecule has 2 unspecified atom stereocenters. The van der Waals surface area contributed by atoms with E-state index in [0.29, 0.717) is 16.8 Å². The molecule has 88 valence electrons. The van der Waals surface area contributed by atoms with Gasteiger partial charge in [-0.25, -0.2) is 0 Å². The lowest BCUT2D eigenvalue weighted by Gasteiger charge is -2.21. The van der Waals surface area contributed by atoms with Crippen LogP contribution < -0.4 is 5.73 Å². The largest absolute Gasteiger partial charge is 0.398 e. The summed E-state index contributed by atoms with van der Waals surface area (Å²) < 4.78 is 0. The zero-order valence-electron chi connectivity index (χ0n) is 9.91.